The number of amides is 1. The summed E-state index contributed by atoms with van der Waals surface area (Å²) in [5.41, 5.74) is 0.395. The number of phenols is 2. The van der Waals surface area contributed by atoms with E-state index in [1.54, 1.807) is 12.1 Å². The van der Waals surface area contributed by atoms with Crippen LogP contribution in [0.25, 0.3) is 6.08 Å². The first-order valence-electron chi connectivity index (χ1n) is 5.31. The number of thioether (sulfide) groups is 1. The molecule has 1 aliphatic rings. The van der Waals surface area contributed by atoms with Crippen LogP contribution in [0.5, 0.6) is 11.5 Å². The Balaban J connectivity index is 2.38. The van der Waals surface area contributed by atoms with Crippen LogP contribution in [0.2, 0.25) is 0 Å². The Kier molecular flexibility index (Phi) is 3.58. The van der Waals surface area contributed by atoms with E-state index in [4.69, 9.17) is 12.2 Å². The van der Waals surface area contributed by atoms with Gasteiger partial charge in [0.2, 0.25) is 0 Å². The van der Waals surface area contributed by atoms with Gasteiger partial charge >= 0.3 is 0 Å². The monoisotopic (exact) mass is 281 g/mol. The Labute approximate surface area is 114 Å². The van der Waals surface area contributed by atoms with E-state index in [0.717, 1.165) is 0 Å². The van der Waals surface area contributed by atoms with Crippen molar-refractivity contribution in [3.8, 4) is 11.5 Å². The van der Waals surface area contributed by atoms with E-state index in [-0.39, 0.29) is 17.4 Å². The number of benzene rings is 1. The summed E-state index contributed by atoms with van der Waals surface area (Å²) in [6, 6.07) is 4.60. The van der Waals surface area contributed by atoms with Gasteiger partial charge in [-0.15, -0.1) is 0 Å². The number of rotatable bonds is 2. The molecule has 0 bridgehead atoms. The maximum Gasteiger partial charge on any atom is 0.266 e. The first-order valence-corrected chi connectivity index (χ1v) is 6.53. The molecule has 1 saturated heterocycles. The van der Waals surface area contributed by atoms with Crippen LogP contribution in [0.1, 0.15) is 12.5 Å². The van der Waals surface area contributed by atoms with Crippen molar-refractivity contribution in [1.82, 2.24) is 4.90 Å². The van der Waals surface area contributed by atoms with Crippen LogP contribution < -0.4 is 0 Å². The zero-order valence-corrected chi connectivity index (χ0v) is 11.2. The summed E-state index contributed by atoms with van der Waals surface area (Å²) < 4.78 is 0.508. The molecule has 1 aromatic carbocycles. The lowest BCUT2D eigenvalue weighted by Crippen LogP contribution is -2.27. The number of likely N-dealkylation sites (N-methyl/N-ethyl adjacent to an activating group) is 1. The summed E-state index contributed by atoms with van der Waals surface area (Å²) in [5.74, 6) is -0.621. The van der Waals surface area contributed by atoms with Crippen LogP contribution in [-0.2, 0) is 4.79 Å². The highest BCUT2D eigenvalue weighted by molar-refractivity contribution is 8.26. The molecule has 6 heteroatoms. The number of carbonyl (C=O) groups excluding carboxylic acids is 1. The van der Waals surface area contributed by atoms with Crippen molar-refractivity contribution in [2.24, 2.45) is 0 Å². The van der Waals surface area contributed by atoms with E-state index in [1.165, 1.54) is 28.8 Å². The minimum absolute atomic E-state index is 0.171. The SMILES string of the molecule is CCN1C(=O)/C(=C/c2cccc(O)c2O)SC1=S. The Morgan fingerprint density at radius 2 is 2.17 bits per heavy atom. The molecule has 4 nitrogen and oxygen atoms in total. The quantitative estimate of drug-likeness (QED) is 0.495. The third-order valence-electron chi connectivity index (χ3n) is 2.52. The normalized spacial score (nSPS) is 17.8. The molecular weight excluding hydrogens is 270 g/mol. The van der Waals surface area contributed by atoms with Crippen LogP contribution in [0.15, 0.2) is 23.1 Å². The second-order valence-corrected chi connectivity index (χ2v) is 5.32. The van der Waals surface area contributed by atoms with Crippen LogP contribution >= 0.6 is 24.0 Å². The average molecular weight is 281 g/mol. The molecule has 94 valence electrons. The van der Waals surface area contributed by atoms with E-state index in [2.05, 4.69) is 0 Å². The van der Waals surface area contributed by atoms with Crippen molar-refractivity contribution < 1.29 is 15.0 Å². The van der Waals surface area contributed by atoms with Crippen molar-refractivity contribution in [3.05, 3.63) is 28.7 Å². The standard InChI is InChI=1S/C12H11NO3S2/c1-2-13-11(16)9(18-12(13)17)6-7-4-3-5-8(14)10(7)15/h3-6,14-15H,2H2,1H3/b9-6-. The molecule has 1 aliphatic heterocycles. The highest BCUT2D eigenvalue weighted by Crippen LogP contribution is 2.36. The maximum atomic E-state index is 12.0. The molecule has 1 aromatic rings. The molecule has 0 unspecified atom stereocenters. The molecule has 2 rings (SSSR count). The zero-order chi connectivity index (χ0) is 13.3. The molecule has 0 aliphatic carbocycles. The number of hydrogen-bond acceptors (Lipinski definition) is 5. The molecule has 1 amide bonds. The number of hydrogen-bond donors (Lipinski definition) is 2. The van der Waals surface area contributed by atoms with E-state index in [9.17, 15) is 15.0 Å². The first kappa shape index (κ1) is 12.9. The van der Waals surface area contributed by atoms with Gasteiger partial charge in [0.05, 0.1) is 4.91 Å². The number of para-hydroxylation sites is 1. The number of thiocarbonyl (C=S) groups is 1. The number of aromatic hydroxyl groups is 2. The second-order valence-electron chi connectivity index (χ2n) is 3.64. The summed E-state index contributed by atoms with van der Waals surface area (Å²) in [7, 11) is 0. The topological polar surface area (TPSA) is 60.8 Å². The van der Waals surface area contributed by atoms with Crippen molar-refractivity contribution in [1.29, 1.82) is 0 Å². The second kappa shape index (κ2) is 4.99. The lowest BCUT2D eigenvalue weighted by atomic mass is 10.1. The van der Waals surface area contributed by atoms with Crippen LogP contribution in [0, 0.1) is 0 Å². The molecule has 1 heterocycles. The van der Waals surface area contributed by atoms with Gasteiger partial charge in [0.25, 0.3) is 5.91 Å². The Bertz CT molecular complexity index is 554. The first-order chi connectivity index (χ1) is 8.54. The summed E-state index contributed by atoms with van der Waals surface area (Å²) in [5, 5.41) is 19.1. The van der Waals surface area contributed by atoms with Crippen LogP contribution in [-0.4, -0.2) is 31.9 Å². The van der Waals surface area contributed by atoms with Crippen LogP contribution in [0.4, 0.5) is 0 Å². The van der Waals surface area contributed by atoms with Crippen molar-refractivity contribution in [2.45, 2.75) is 6.92 Å². The molecule has 0 aromatic heterocycles. The smallest absolute Gasteiger partial charge is 0.266 e. The van der Waals surface area contributed by atoms with Crippen molar-refractivity contribution in [3.63, 3.8) is 0 Å². The predicted octanol–water partition coefficient (Wildman–Crippen LogP) is 2.32. The van der Waals surface area contributed by atoms with Gasteiger partial charge in [0.1, 0.15) is 4.32 Å². The summed E-state index contributed by atoms with van der Waals surface area (Å²) in [6.07, 6.45) is 1.53. The minimum atomic E-state index is -0.237. The van der Waals surface area contributed by atoms with Gasteiger partial charge in [-0.1, -0.05) is 36.1 Å². The highest BCUT2D eigenvalue weighted by atomic mass is 32.2. The molecule has 0 spiro atoms. The predicted molar refractivity (Wildman–Crippen MR) is 75.3 cm³/mol. The fourth-order valence-corrected chi connectivity index (χ4v) is 2.95. The van der Waals surface area contributed by atoms with Gasteiger partial charge in [-0.05, 0) is 19.1 Å². The fourth-order valence-electron chi connectivity index (χ4n) is 1.58. The maximum absolute atomic E-state index is 12.0. The molecule has 18 heavy (non-hydrogen) atoms. The van der Waals surface area contributed by atoms with Crippen LogP contribution in [0.3, 0.4) is 0 Å². The van der Waals surface area contributed by atoms with Gasteiger partial charge in [-0.25, -0.2) is 0 Å². The van der Waals surface area contributed by atoms with E-state index in [0.29, 0.717) is 21.3 Å². The lowest BCUT2D eigenvalue weighted by Gasteiger charge is -2.09. The average Bonchev–Trinajstić information content (AvgIpc) is 2.60. The highest BCUT2D eigenvalue weighted by Gasteiger charge is 2.30. The largest absolute Gasteiger partial charge is 0.504 e. The van der Waals surface area contributed by atoms with E-state index in [1.807, 2.05) is 6.92 Å². The summed E-state index contributed by atoms with van der Waals surface area (Å²) in [4.78, 5) is 13.9. The lowest BCUT2D eigenvalue weighted by molar-refractivity contribution is -0.121. The molecule has 0 saturated carbocycles. The molecule has 0 radical (unpaired) electrons. The third kappa shape index (κ3) is 2.21. The molecular formula is C12H11NO3S2. The van der Waals surface area contributed by atoms with Gasteiger partial charge in [0, 0.05) is 12.1 Å². The van der Waals surface area contributed by atoms with Crippen molar-refractivity contribution >= 4 is 40.3 Å². The van der Waals surface area contributed by atoms with Gasteiger partial charge in [-0.2, -0.15) is 0 Å². The molecule has 1 fully saturated rings. The summed E-state index contributed by atoms with van der Waals surface area (Å²) >= 11 is 6.28. The Hall–Kier alpha value is -1.53. The van der Waals surface area contributed by atoms with E-state index >= 15 is 0 Å². The number of phenolic OH excluding ortho intramolecular Hbond substituents is 2. The third-order valence-corrected chi connectivity index (χ3v) is 3.90. The fraction of sp³-hybridized carbons (Fsp3) is 0.167. The Morgan fingerprint density at radius 1 is 1.44 bits per heavy atom. The molecule has 0 atom stereocenters. The number of carbonyl (C=O) groups is 1. The van der Waals surface area contributed by atoms with Gasteiger partial charge < -0.3 is 10.2 Å². The Morgan fingerprint density at radius 3 is 2.78 bits per heavy atom. The minimum Gasteiger partial charge on any atom is -0.504 e. The number of nitrogens with zero attached hydrogens (tertiary/aromatic N) is 1. The zero-order valence-electron chi connectivity index (χ0n) is 9.58. The van der Waals surface area contributed by atoms with Crippen molar-refractivity contribution in [2.75, 3.05) is 6.54 Å². The van der Waals surface area contributed by atoms with E-state index < -0.39 is 0 Å². The van der Waals surface area contributed by atoms with Gasteiger partial charge in [0.15, 0.2) is 11.5 Å². The molecule has 2 N–H and O–H groups in total. The van der Waals surface area contributed by atoms with Gasteiger partial charge in [-0.3, -0.25) is 9.69 Å². The summed E-state index contributed by atoms with van der Waals surface area (Å²) in [6.45, 7) is 2.37.